The van der Waals surface area contributed by atoms with Crippen LogP contribution in [0.15, 0.2) is 23.8 Å². The zero-order valence-corrected chi connectivity index (χ0v) is 22.7. The van der Waals surface area contributed by atoms with Crippen LogP contribution in [0.5, 0.6) is 0 Å². The molecule has 9 atom stereocenters. The molecule has 0 aromatic carbocycles. The first-order valence-electron chi connectivity index (χ1n) is 13.8. The van der Waals surface area contributed by atoms with E-state index in [1.54, 1.807) is 0 Å². The lowest BCUT2D eigenvalue weighted by Gasteiger charge is -2.66. The van der Waals surface area contributed by atoms with Crippen LogP contribution < -0.4 is 0 Å². The van der Waals surface area contributed by atoms with E-state index in [0.717, 1.165) is 38.7 Å². The van der Waals surface area contributed by atoms with Gasteiger partial charge in [-0.25, -0.2) is 0 Å². The van der Waals surface area contributed by atoms with E-state index in [4.69, 9.17) is 14.2 Å². The molecule has 5 rings (SSSR count). The number of ether oxygens (including phenoxy) is 3. The molecule has 0 amide bonds. The number of carbonyl (C=O) groups is 2. The Balaban J connectivity index is 1.57. The fourth-order valence-electron chi connectivity index (χ4n) is 9.61. The zero-order chi connectivity index (χ0) is 25.4. The van der Waals surface area contributed by atoms with Gasteiger partial charge in [-0.15, -0.1) is 0 Å². The highest BCUT2D eigenvalue weighted by Gasteiger charge is 2.69. The van der Waals surface area contributed by atoms with Crippen molar-refractivity contribution in [1.82, 2.24) is 0 Å². The maximum atomic E-state index is 13.0. The molecule has 0 spiro atoms. The summed E-state index contributed by atoms with van der Waals surface area (Å²) in [6.07, 6.45) is 11.1. The van der Waals surface area contributed by atoms with Crippen molar-refractivity contribution >= 4 is 11.8 Å². The highest BCUT2D eigenvalue weighted by molar-refractivity contribution is 5.95. The van der Waals surface area contributed by atoms with Gasteiger partial charge in [-0.3, -0.25) is 9.59 Å². The van der Waals surface area contributed by atoms with Crippen LogP contribution in [0.1, 0.15) is 80.6 Å². The van der Waals surface area contributed by atoms with Crippen LogP contribution in [0.2, 0.25) is 0 Å². The van der Waals surface area contributed by atoms with Gasteiger partial charge < -0.3 is 14.2 Å². The minimum absolute atomic E-state index is 0.0320. The Hall–Kier alpha value is -1.46. The SMILES string of the molecule is CCO[C@H]1OCC[C@@H]1[C@@H]1CC=C2[C@@]3(C)[C@H](CC[C@]21C)[C@@]1(C)C=CC(=O)C(C)(C)[C@@H]1C[C@H]3OC(C)=O. The number of hydrogen-bond acceptors (Lipinski definition) is 5. The van der Waals surface area contributed by atoms with E-state index in [1.165, 1.54) is 12.5 Å². The van der Waals surface area contributed by atoms with E-state index in [9.17, 15) is 9.59 Å². The molecule has 5 nitrogen and oxygen atoms in total. The second kappa shape index (κ2) is 8.28. The van der Waals surface area contributed by atoms with Crippen molar-refractivity contribution in [2.24, 2.45) is 45.3 Å². The Kier molecular flexibility index (Phi) is 5.96. The highest BCUT2D eigenvalue weighted by atomic mass is 16.7. The van der Waals surface area contributed by atoms with Crippen LogP contribution in [0, 0.1) is 45.3 Å². The number of carbonyl (C=O) groups excluding carboxylic acids is 2. The van der Waals surface area contributed by atoms with Gasteiger partial charge in [0.05, 0.1) is 6.61 Å². The topological polar surface area (TPSA) is 61.8 Å². The Morgan fingerprint density at radius 2 is 1.89 bits per heavy atom. The maximum absolute atomic E-state index is 13.0. The lowest BCUT2D eigenvalue weighted by Crippen LogP contribution is -2.64. The van der Waals surface area contributed by atoms with Crippen molar-refractivity contribution in [2.75, 3.05) is 13.2 Å². The molecule has 5 heteroatoms. The first-order valence-corrected chi connectivity index (χ1v) is 13.8. The normalized spacial score (nSPS) is 48.1. The third-order valence-corrected chi connectivity index (χ3v) is 11.2. The largest absolute Gasteiger partial charge is 0.462 e. The molecular weight excluding hydrogens is 440 g/mol. The molecule has 5 aliphatic rings. The second-order valence-electron chi connectivity index (χ2n) is 13.1. The van der Waals surface area contributed by atoms with Gasteiger partial charge in [0, 0.05) is 30.3 Å². The lowest BCUT2D eigenvalue weighted by molar-refractivity contribution is -0.190. The average Bonchev–Trinajstić information content (AvgIpc) is 3.37. The van der Waals surface area contributed by atoms with Crippen molar-refractivity contribution < 1.29 is 23.8 Å². The van der Waals surface area contributed by atoms with Crippen molar-refractivity contribution in [3.05, 3.63) is 23.8 Å². The molecule has 2 saturated carbocycles. The number of hydrogen-bond donors (Lipinski definition) is 0. The Morgan fingerprint density at radius 1 is 1.14 bits per heavy atom. The number of esters is 1. The molecule has 0 aromatic rings. The van der Waals surface area contributed by atoms with Gasteiger partial charge in [0.1, 0.15) is 6.10 Å². The Bertz CT molecular complexity index is 964. The summed E-state index contributed by atoms with van der Waals surface area (Å²) in [5, 5.41) is 0. The van der Waals surface area contributed by atoms with Gasteiger partial charge in [-0.1, -0.05) is 52.3 Å². The lowest BCUT2D eigenvalue weighted by atomic mass is 9.38. The van der Waals surface area contributed by atoms with E-state index < -0.39 is 5.41 Å². The van der Waals surface area contributed by atoms with Crippen molar-refractivity contribution in [1.29, 1.82) is 0 Å². The number of ketones is 1. The molecule has 4 aliphatic carbocycles. The molecule has 0 radical (unpaired) electrons. The summed E-state index contributed by atoms with van der Waals surface area (Å²) in [6.45, 7) is 16.3. The smallest absolute Gasteiger partial charge is 0.302 e. The molecule has 0 N–H and O–H groups in total. The maximum Gasteiger partial charge on any atom is 0.302 e. The summed E-state index contributed by atoms with van der Waals surface area (Å²) in [4.78, 5) is 25.4. The van der Waals surface area contributed by atoms with Crippen LogP contribution in [0.3, 0.4) is 0 Å². The molecule has 35 heavy (non-hydrogen) atoms. The third kappa shape index (κ3) is 3.40. The van der Waals surface area contributed by atoms with Gasteiger partial charge in [-0.2, -0.15) is 0 Å². The summed E-state index contributed by atoms with van der Waals surface area (Å²) >= 11 is 0. The molecule has 1 saturated heterocycles. The minimum Gasteiger partial charge on any atom is -0.462 e. The summed E-state index contributed by atoms with van der Waals surface area (Å²) in [6, 6.07) is 0. The van der Waals surface area contributed by atoms with Gasteiger partial charge in [-0.05, 0) is 73.7 Å². The van der Waals surface area contributed by atoms with E-state index in [0.29, 0.717) is 24.4 Å². The molecule has 0 bridgehead atoms. The third-order valence-electron chi connectivity index (χ3n) is 11.2. The van der Waals surface area contributed by atoms with Crippen LogP contribution in [-0.4, -0.2) is 37.4 Å². The predicted octanol–water partition coefficient (Wildman–Crippen LogP) is 5.88. The summed E-state index contributed by atoms with van der Waals surface area (Å²) < 4.78 is 18.2. The molecular formula is C30H44O5. The quantitative estimate of drug-likeness (QED) is 0.368. The van der Waals surface area contributed by atoms with Crippen molar-refractivity contribution in [2.45, 2.75) is 93.0 Å². The Morgan fingerprint density at radius 3 is 2.57 bits per heavy atom. The Labute approximate surface area is 211 Å². The van der Waals surface area contributed by atoms with Crippen LogP contribution in [-0.2, 0) is 23.8 Å². The summed E-state index contributed by atoms with van der Waals surface area (Å²) in [7, 11) is 0. The second-order valence-corrected chi connectivity index (χ2v) is 13.1. The van der Waals surface area contributed by atoms with E-state index >= 15 is 0 Å². The van der Waals surface area contributed by atoms with E-state index in [-0.39, 0.29) is 46.3 Å². The standard InChI is InChI=1S/C30H44O5/c1-8-33-26-19(13-16-34-26)20-9-10-21-28(20,5)14-11-22-29(6)15-12-24(32)27(3,4)23(29)17-25(30(21,22)7)35-18(2)31/h10,12,15,19-20,22-23,25-26H,8-9,11,13-14,16-17H2,1-7H3/t19-,20+,22-,23+,25-,26+,28+,29-,30+/m1/s1. The fourth-order valence-corrected chi connectivity index (χ4v) is 9.61. The minimum atomic E-state index is -0.470. The average molecular weight is 485 g/mol. The number of allylic oxidation sites excluding steroid dienone is 3. The van der Waals surface area contributed by atoms with Gasteiger partial charge in [0.25, 0.3) is 0 Å². The van der Waals surface area contributed by atoms with Crippen molar-refractivity contribution in [3.63, 3.8) is 0 Å². The zero-order valence-electron chi connectivity index (χ0n) is 22.7. The van der Waals surface area contributed by atoms with Gasteiger partial charge in [0.2, 0.25) is 0 Å². The molecule has 3 fully saturated rings. The number of fused-ring (bicyclic) bond motifs is 5. The van der Waals surface area contributed by atoms with E-state index in [2.05, 4.69) is 46.8 Å². The van der Waals surface area contributed by atoms with E-state index in [1.807, 2.05) is 13.0 Å². The fraction of sp³-hybridized carbons (Fsp3) is 0.800. The summed E-state index contributed by atoms with van der Waals surface area (Å²) in [5.74, 6) is 1.27. The first kappa shape index (κ1) is 25.2. The number of rotatable bonds is 4. The highest BCUT2D eigenvalue weighted by Crippen LogP contribution is 2.72. The molecule has 194 valence electrons. The molecule has 1 aliphatic heterocycles. The molecule has 0 unspecified atom stereocenters. The van der Waals surface area contributed by atoms with Crippen LogP contribution >= 0.6 is 0 Å². The van der Waals surface area contributed by atoms with Gasteiger partial charge in [0.15, 0.2) is 12.1 Å². The first-order chi connectivity index (χ1) is 16.4. The molecule has 1 heterocycles. The predicted molar refractivity (Wildman–Crippen MR) is 134 cm³/mol. The van der Waals surface area contributed by atoms with Crippen molar-refractivity contribution in [3.8, 4) is 0 Å². The molecule has 0 aromatic heterocycles. The van der Waals surface area contributed by atoms with Crippen LogP contribution in [0.25, 0.3) is 0 Å². The van der Waals surface area contributed by atoms with Gasteiger partial charge >= 0.3 is 5.97 Å². The summed E-state index contributed by atoms with van der Waals surface area (Å²) in [5.41, 5.74) is 0.655. The monoisotopic (exact) mass is 484 g/mol. The van der Waals surface area contributed by atoms with Crippen LogP contribution in [0.4, 0.5) is 0 Å².